The number of aryl methyl sites for hydroxylation is 1. The molecule has 0 aliphatic rings. The zero-order valence-corrected chi connectivity index (χ0v) is 18.3. The molecule has 0 saturated carbocycles. The highest BCUT2D eigenvalue weighted by atomic mass is 16.5. The fourth-order valence-electron chi connectivity index (χ4n) is 3.15. The molecule has 0 saturated heterocycles. The molecule has 0 radical (unpaired) electrons. The number of methoxy groups -OCH3 is 1. The SMILES string of the molecule is CCNc1nc(Nc2ccc(Oc3ccnc(C)c3)cc2)cc(-c2cccc(OC)c2)n1. The highest BCUT2D eigenvalue weighted by Gasteiger charge is 2.08. The minimum absolute atomic E-state index is 0.559. The Morgan fingerprint density at radius 3 is 2.47 bits per heavy atom. The summed E-state index contributed by atoms with van der Waals surface area (Å²) in [5.41, 5.74) is 3.55. The van der Waals surface area contributed by atoms with Crippen molar-refractivity contribution >= 4 is 17.5 Å². The maximum atomic E-state index is 5.90. The van der Waals surface area contributed by atoms with Crippen LogP contribution in [0.5, 0.6) is 17.2 Å². The predicted octanol–water partition coefficient (Wildman–Crippen LogP) is 5.82. The predicted molar refractivity (Wildman–Crippen MR) is 127 cm³/mol. The van der Waals surface area contributed by atoms with Crippen molar-refractivity contribution in [3.8, 4) is 28.5 Å². The molecule has 0 aliphatic carbocycles. The molecule has 0 fully saturated rings. The van der Waals surface area contributed by atoms with Gasteiger partial charge >= 0.3 is 0 Å². The summed E-state index contributed by atoms with van der Waals surface area (Å²) in [6, 6.07) is 21.2. The number of hydrogen-bond acceptors (Lipinski definition) is 7. The standard InChI is InChI=1S/C25H25N5O2/c1-4-26-25-29-23(18-6-5-7-21(15-18)31-3)16-24(30-25)28-19-8-10-20(11-9-19)32-22-12-13-27-17(2)14-22/h5-16H,4H2,1-3H3,(H2,26,28,29,30). The van der Waals surface area contributed by atoms with Crippen molar-refractivity contribution < 1.29 is 9.47 Å². The second-order valence-electron chi connectivity index (χ2n) is 7.11. The van der Waals surface area contributed by atoms with E-state index in [1.165, 1.54) is 0 Å². The molecule has 0 atom stereocenters. The van der Waals surface area contributed by atoms with Gasteiger partial charge in [0.2, 0.25) is 5.95 Å². The third-order valence-corrected chi connectivity index (χ3v) is 4.66. The average Bonchev–Trinajstić information content (AvgIpc) is 2.80. The number of rotatable bonds is 8. The Bertz CT molecular complexity index is 1200. The molecule has 2 heterocycles. The third kappa shape index (κ3) is 5.31. The summed E-state index contributed by atoms with van der Waals surface area (Å²) in [6.07, 6.45) is 1.73. The van der Waals surface area contributed by atoms with Gasteiger partial charge in [0.15, 0.2) is 0 Å². The van der Waals surface area contributed by atoms with Crippen molar-refractivity contribution in [2.45, 2.75) is 13.8 Å². The molecule has 7 heteroatoms. The minimum atomic E-state index is 0.559. The summed E-state index contributed by atoms with van der Waals surface area (Å²) in [7, 11) is 1.65. The Hall–Kier alpha value is -4.13. The zero-order chi connectivity index (χ0) is 22.3. The Morgan fingerprint density at radius 1 is 0.875 bits per heavy atom. The Labute approximate surface area is 187 Å². The van der Waals surface area contributed by atoms with Crippen molar-refractivity contribution in [2.24, 2.45) is 0 Å². The first-order valence-electron chi connectivity index (χ1n) is 10.4. The molecule has 7 nitrogen and oxygen atoms in total. The summed E-state index contributed by atoms with van der Waals surface area (Å²) in [4.78, 5) is 13.4. The van der Waals surface area contributed by atoms with Crippen molar-refractivity contribution in [1.82, 2.24) is 15.0 Å². The summed E-state index contributed by atoms with van der Waals surface area (Å²) in [5, 5.41) is 6.55. The lowest BCUT2D eigenvalue weighted by atomic mass is 10.1. The van der Waals surface area contributed by atoms with Crippen LogP contribution >= 0.6 is 0 Å². The van der Waals surface area contributed by atoms with Gasteiger partial charge in [0, 0.05) is 41.8 Å². The first-order chi connectivity index (χ1) is 15.6. The highest BCUT2D eigenvalue weighted by Crippen LogP contribution is 2.28. The van der Waals surface area contributed by atoms with Gasteiger partial charge in [0.25, 0.3) is 0 Å². The number of aromatic nitrogens is 3. The number of pyridine rings is 1. The second kappa shape index (κ2) is 9.78. The van der Waals surface area contributed by atoms with Gasteiger partial charge < -0.3 is 20.1 Å². The number of anilines is 3. The molecule has 2 N–H and O–H groups in total. The van der Waals surface area contributed by atoms with Crippen molar-refractivity contribution in [3.05, 3.63) is 78.6 Å². The summed E-state index contributed by atoms with van der Waals surface area (Å²) in [5.74, 6) is 3.53. The van der Waals surface area contributed by atoms with Crippen LogP contribution in [0.3, 0.4) is 0 Å². The molecule has 32 heavy (non-hydrogen) atoms. The van der Waals surface area contributed by atoms with E-state index in [1.54, 1.807) is 13.3 Å². The quantitative estimate of drug-likeness (QED) is 0.366. The monoisotopic (exact) mass is 427 g/mol. The first kappa shape index (κ1) is 21.1. The topological polar surface area (TPSA) is 81.2 Å². The molecule has 0 bridgehead atoms. The summed E-state index contributed by atoms with van der Waals surface area (Å²) >= 11 is 0. The number of hydrogen-bond donors (Lipinski definition) is 2. The van der Waals surface area contributed by atoms with E-state index in [-0.39, 0.29) is 0 Å². The van der Waals surface area contributed by atoms with E-state index >= 15 is 0 Å². The second-order valence-corrected chi connectivity index (χ2v) is 7.11. The Kier molecular flexibility index (Phi) is 6.46. The maximum Gasteiger partial charge on any atom is 0.225 e. The molecule has 162 valence electrons. The average molecular weight is 428 g/mol. The number of nitrogens with zero attached hydrogens (tertiary/aromatic N) is 3. The number of benzene rings is 2. The minimum Gasteiger partial charge on any atom is -0.497 e. The number of nitrogens with one attached hydrogen (secondary N) is 2. The van der Waals surface area contributed by atoms with E-state index < -0.39 is 0 Å². The lowest BCUT2D eigenvalue weighted by Gasteiger charge is -2.12. The van der Waals surface area contributed by atoms with Gasteiger partial charge in [-0.15, -0.1) is 0 Å². The largest absolute Gasteiger partial charge is 0.497 e. The van der Waals surface area contributed by atoms with Crippen LogP contribution in [0.1, 0.15) is 12.6 Å². The molecular formula is C25H25N5O2. The van der Waals surface area contributed by atoms with E-state index in [4.69, 9.17) is 9.47 Å². The molecule has 0 aliphatic heterocycles. The molecule has 2 aromatic carbocycles. The lowest BCUT2D eigenvalue weighted by molar-refractivity contribution is 0.415. The lowest BCUT2D eigenvalue weighted by Crippen LogP contribution is -2.05. The van der Waals surface area contributed by atoms with Crippen LogP contribution in [0, 0.1) is 6.92 Å². The summed E-state index contributed by atoms with van der Waals surface area (Å²) < 4.78 is 11.2. The van der Waals surface area contributed by atoms with Crippen LogP contribution < -0.4 is 20.1 Å². The van der Waals surface area contributed by atoms with E-state index in [0.717, 1.165) is 46.4 Å². The molecule has 4 rings (SSSR count). The van der Waals surface area contributed by atoms with Crippen molar-refractivity contribution in [3.63, 3.8) is 0 Å². The van der Waals surface area contributed by atoms with Crippen LogP contribution in [0.2, 0.25) is 0 Å². The zero-order valence-electron chi connectivity index (χ0n) is 18.3. The van der Waals surface area contributed by atoms with E-state index in [1.807, 2.05) is 80.6 Å². The van der Waals surface area contributed by atoms with Gasteiger partial charge in [-0.3, -0.25) is 4.98 Å². The molecule has 2 aromatic heterocycles. The van der Waals surface area contributed by atoms with Gasteiger partial charge in [-0.25, -0.2) is 4.98 Å². The third-order valence-electron chi connectivity index (χ3n) is 4.66. The number of ether oxygens (including phenoxy) is 2. The van der Waals surface area contributed by atoms with Crippen molar-refractivity contribution in [2.75, 3.05) is 24.3 Å². The Balaban J connectivity index is 1.55. The maximum absolute atomic E-state index is 5.90. The van der Waals surface area contributed by atoms with Crippen LogP contribution in [0.15, 0.2) is 72.9 Å². The van der Waals surface area contributed by atoms with Gasteiger partial charge in [0.1, 0.15) is 23.1 Å². The van der Waals surface area contributed by atoms with E-state index in [2.05, 4.69) is 25.6 Å². The molecule has 0 spiro atoms. The van der Waals surface area contributed by atoms with Gasteiger partial charge in [0.05, 0.1) is 12.8 Å². The van der Waals surface area contributed by atoms with Gasteiger partial charge in [-0.1, -0.05) is 12.1 Å². The molecule has 0 amide bonds. The van der Waals surface area contributed by atoms with E-state index in [0.29, 0.717) is 11.8 Å². The van der Waals surface area contributed by atoms with Crippen molar-refractivity contribution in [1.29, 1.82) is 0 Å². The molecule has 0 unspecified atom stereocenters. The first-order valence-corrected chi connectivity index (χ1v) is 10.4. The fourth-order valence-corrected chi connectivity index (χ4v) is 3.15. The molecule has 4 aromatic rings. The van der Waals surface area contributed by atoms with Gasteiger partial charge in [-0.2, -0.15) is 4.98 Å². The normalized spacial score (nSPS) is 10.5. The van der Waals surface area contributed by atoms with Crippen LogP contribution in [0.4, 0.5) is 17.5 Å². The highest BCUT2D eigenvalue weighted by molar-refractivity contribution is 5.68. The van der Waals surface area contributed by atoms with Gasteiger partial charge in [-0.05, 0) is 56.3 Å². The van der Waals surface area contributed by atoms with Crippen LogP contribution in [-0.4, -0.2) is 28.6 Å². The van der Waals surface area contributed by atoms with E-state index in [9.17, 15) is 0 Å². The summed E-state index contributed by atoms with van der Waals surface area (Å²) in [6.45, 7) is 4.67. The Morgan fingerprint density at radius 2 is 1.72 bits per heavy atom. The smallest absolute Gasteiger partial charge is 0.225 e. The molecular weight excluding hydrogens is 402 g/mol. The van der Waals surface area contributed by atoms with Crippen LogP contribution in [0.25, 0.3) is 11.3 Å². The fraction of sp³-hybridized carbons (Fsp3) is 0.160. The van der Waals surface area contributed by atoms with Crippen LogP contribution in [-0.2, 0) is 0 Å².